The van der Waals surface area contributed by atoms with Crippen LogP contribution in [0.1, 0.15) is 23.2 Å². The second-order valence-electron chi connectivity index (χ2n) is 4.54. The number of hydrogen-bond acceptors (Lipinski definition) is 4. The molecule has 1 atom stereocenters. The monoisotopic (exact) mass is 283 g/mol. The van der Waals surface area contributed by atoms with E-state index in [1.54, 1.807) is 0 Å². The highest BCUT2D eigenvalue weighted by atomic mass is 32.2. The molecule has 1 saturated heterocycles. The Morgan fingerprint density at radius 1 is 1.42 bits per heavy atom. The van der Waals surface area contributed by atoms with Crippen LogP contribution in [0.5, 0.6) is 0 Å². The first-order valence-corrected chi connectivity index (χ1v) is 7.52. The van der Waals surface area contributed by atoms with Gasteiger partial charge in [-0.05, 0) is 31.0 Å². The number of carbonyl (C=O) groups excluding carboxylic acids is 1. The first kappa shape index (κ1) is 14.0. The molecule has 7 heteroatoms. The fraction of sp³-hybridized carbons (Fsp3) is 0.417. The summed E-state index contributed by atoms with van der Waals surface area (Å²) < 4.78 is 26.4. The summed E-state index contributed by atoms with van der Waals surface area (Å²) in [6, 6.07) is 5.62. The van der Waals surface area contributed by atoms with Crippen LogP contribution in [0, 0.1) is 0 Å². The van der Waals surface area contributed by atoms with Gasteiger partial charge in [-0.1, -0.05) is 6.07 Å². The second kappa shape index (κ2) is 5.28. The topological polar surface area (TPSA) is 106 Å². The molecule has 104 valence electrons. The zero-order valence-electron chi connectivity index (χ0n) is 10.5. The Kier molecular flexibility index (Phi) is 3.88. The Morgan fingerprint density at radius 3 is 2.79 bits per heavy atom. The van der Waals surface area contributed by atoms with E-state index < -0.39 is 15.9 Å². The van der Waals surface area contributed by atoms with E-state index in [1.165, 1.54) is 28.6 Å². The van der Waals surface area contributed by atoms with E-state index in [-0.39, 0.29) is 16.5 Å². The second-order valence-corrected chi connectivity index (χ2v) is 6.43. The lowest BCUT2D eigenvalue weighted by molar-refractivity contribution is 0.1000. The van der Waals surface area contributed by atoms with Crippen molar-refractivity contribution < 1.29 is 13.2 Å². The molecule has 6 nitrogen and oxygen atoms in total. The summed E-state index contributed by atoms with van der Waals surface area (Å²) in [5, 5.41) is 0. The molecule has 2 rings (SSSR count). The Bertz CT molecular complexity index is 586. The minimum absolute atomic E-state index is 0.0872. The molecule has 1 aromatic carbocycles. The predicted molar refractivity (Wildman–Crippen MR) is 70.9 cm³/mol. The van der Waals surface area contributed by atoms with Crippen LogP contribution in [0.4, 0.5) is 0 Å². The van der Waals surface area contributed by atoms with E-state index in [0.29, 0.717) is 13.1 Å². The van der Waals surface area contributed by atoms with Crippen LogP contribution < -0.4 is 11.5 Å². The van der Waals surface area contributed by atoms with Gasteiger partial charge in [-0.15, -0.1) is 0 Å². The number of carbonyl (C=O) groups is 1. The predicted octanol–water partition coefficient (Wildman–Crippen LogP) is -0.103. The molecule has 0 bridgehead atoms. The van der Waals surface area contributed by atoms with Crippen molar-refractivity contribution in [1.29, 1.82) is 0 Å². The third-order valence-electron chi connectivity index (χ3n) is 3.32. The molecule has 1 heterocycles. The minimum atomic E-state index is -3.61. The molecule has 1 aliphatic rings. The van der Waals surface area contributed by atoms with Gasteiger partial charge in [-0.3, -0.25) is 4.79 Å². The van der Waals surface area contributed by atoms with Gasteiger partial charge in [0, 0.05) is 24.7 Å². The summed E-state index contributed by atoms with van der Waals surface area (Å²) in [5.41, 5.74) is 10.9. The molecule has 4 N–H and O–H groups in total. The van der Waals surface area contributed by atoms with Crippen molar-refractivity contribution in [3.8, 4) is 0 Å². The SMILES string of the molecule is NCC1CCCN1S(=O)(=O)c1cccc(C(N)=O)c1. The summed E-state index contributed by atoms with van der Waals surface area (Å²) in [6.07, 6.45) is 1.57. The van der Waals surface area contributed by atoms with Crippen LogP contribution in [0.25, 0.3) is 0 Å². The number of sulfonamides is 1. The van der Waals surface area contributed by atoms with Gasteiger partial charge in [-0.2, -0.15) is 4.31 Å². The molecule has 0 spiro atoms. The van der Waals surface area contributed by atoms with Gasteiger partial charge < -0.3 is 11.5 Å². The Hall–Kier alpha value is -1.44. The van der Waals surface area contributed by atoms with Gasteiger partial charge in [0.25, 0.3) is 0 Å². The highest BCUT2D eigenvalue weighted by Gasteiger charge is 2.34. The number of rotatable bonds is 4. The van der Waals surface area contributed by atoms with E-state index in [0.717, 1.165) is 12.8 Å². The number of amides is 1. The lowest BCUT2D eigenvalue weighted by atomic mass is 10.2. The maximum Gasteiger partial charge on any atom is 0.248 e. The molecular formula is C12H17N3O3S. The molecule has 0 aromatic heterocycles. The van der Waals surface area contributed by atoms with Crippen molar-refractivity contribution in [2.75, 3.05) is 13.1 Å². The van der Waals surface area contributed by atoms with Gasteiger partial charge in [0.15, 0.2) is 0 Å². The maximum absolute atomic E-state index is 12.5. The smallest absolute Gasteiger partial charge is 0.248 e. The summed E-state index contributed by atoms with van der Waals surface area (Å²) in [7, 11) is -3.61. The molecule has 1 aliphatic heterocycles. The zero-order valence-corrected chi connectivity index (χ0v) is 11.3. The molecule has 1 aromatic rings. The van der Waals surface area contributed by atoms with Crippen molar-refractivity contribution in [2.45, 2.75) is 23.8 Å². The van der Waals surface area contributed by atoms with Gasteiger partial charge in [0.2, 0.25) is 15.9 Å². The minimum Gasteiger partial charge on any atom is -0.366 e. The molecule has 0 saturated carbocycles. The van der Waals surface area contributed by atoms with E-state index in [4.69, 9.17) is 11.5 Å². The molecular weight excluding hydrogens is 266 g/mol. The lowest BCUT2D eigenvalue weighted by Crippen LogP contribution is -2.39. The Morgan fingerprint density at radius 2 is 2.16 bits per heavy atom. The first-order valence-electron chi connectivity index (χ1n) is 6.08. The summed E-state index contributed by atoms with van der Waals surface area (Å²) >= 11 is 0. The largest absolute Gasteiger partial charge is 0.366 e. The van der Waals surface area contributed by atoms with E-state index in [9.17, 15) is 13.2 Å². The average Bonchev–Trinajstić information content (AvgIpc) is 2.88. The fourth-order valence-corrected chi connectivity index (χ4v) is 4.06. The van der Waals surface area contributed by atoms with Crippen molar-refractivity contribution in [3.63, 3.8) is 0 Å². The van der Waals surface area contributed by atoms with Gasteiger partial charge >= 0.3 is 0 Å². The Labute approximate surface area is 112 Å². The van der Waals surface area contributed by atoms with Crippen LogP contribution in [-0.4, -0.2) is 37.8 Å². The normalized spacial score (nSPS) is 20.6. The number of nitrogens with zero attached hydrogens (tertiary/aromatic N) is 1. The quantitative estimate of drug-likeness (QED) is 0.804. The van der Waals surface area contributed by atoms with Crippen molar-refractivity contribution in [2.24, 2.45) is 11.5 Å². The highest BCUT2D eigenvalue weighted by Crippen LogP contribution is 2.25. The molecule has 1 amide bonds. The Balaban J connectivity index is 2.39. The fourth-order valence-electron chi connectivity index (χ4n) is 2.31. The number of hydrogen-bond donors (Lipinski definition) is 2. The van der Waals surface area contributed by atoms with E-state index in [2.05, 4.69) is 0 Å². The standard InChI is InChI=1S/C12H17N3O3S/c13-8-10-4-2-6-15(10)19(17,18)11-5-1-3-9(7-11)12(14)16/h1,3,5,7,10H,2,4,6,8,13H2,(H2,14,16). The van der Waals surface area contributed by atoms with Gasteiger partial charge in [0.05, 0.1) is 4.90 Å². The third kappa shape index (κ3) is 2.63. The lowest BCUT2D eigenvalue weighted by Gasteiger charge is -2.22. The molecule has 1 unspecified atom stereocenters. The zero-order chi connectivity index (χ0) is 14.0. The van der Waals surface area contributed by atoms with Crippen LogP contribution in [0.3, 0.4) is 0 Å². The summed E-state index contributed by atoms with van der Waals surface area (Å²) in [6.45, 7) is 0.764. The van der Waals surface area contributed by atoms with Gasteiger partial charge in [-0.25, -0.2) is 8.42 Å². The van der Waals surface area contributed by atoms with Crippen LogP contribution >= 0.6 is 0 Å². The van der Waals surface area contributed by atoms with Crippen molar-refractivity contribution in [1.82, 2.24) is 4.31 Å². The summed E-state index contributed by atoms with van der Waals surface area (Å²) in [4.78, 5) is 11.2. The van der Waals surface area contributed by atoms with E-state index in [1.807, 2.05) is 0 Å². The number of benzene rings is 1. The molecule has 0 radical (unpaired) electrons. The van der Waals surface area contributed by atoms with Crippen molar-refractivity contribution >= 4 is 15.9 Å². The first-order chi connectivity index (χ1) is 8.96. The van der Waals surface area contributed by atoms with Crippen molar-refractivity contribution in [3.05, 3.63) is 29.8 Å². The number of nitrogens with two attached hydrogens (primary N) is 2. The van der Waals surface area contributed by atoms with Gasteiger partial charge in [0.1, 0.15) is 0 Å². The average molecular weight is 283 g/mol. The molecule has 19 heavy (non-hydrogen) atoms. The van der Waals surface area contributed by atoms with Crippen LogP contribution in [0.2, 0.25) is 0 Å². The molecule has 1 fully saturated rings. The third-order valence-corrected chi connectivity index (χ3v) is 5.27. The van der Waals surface area contributed by atoms with Crippen LogP contribution in [-0.2, 0) is 10.0 Å². The number of primary amides is 1. The highest BCUT2D eigenvalue weighted by molar-refractivity contribution is 7.89. The maximum atomic E-state index is 12.5. The molecule has 0 aliphatic carbocycles. The van der Waals surface area contributed by atoms with Crippen LogP contribution in [0.15, 0.2) is 29.2 Å². The summed E-state index contributed by atoms with van der Waals surface area (Å²) in [5.74, 6) is -0.645. The van der Waals surface area contributed by atoms with E-state index >= 15 is 0 Å².